The molecule has 2 amide bonds. The summed E-state index contributed by atoms with van der Waals surface area (Å²) in [6.07, 6.45) is -4.32. The molecule has 0 bridgehead atoms. The fraction of sp³-hybridized carbons (Fsp3) is 0.529. The molecule has 0 aromatic heterocycles. The van der Waals surface area contributed by atoms with Crippen molar-refractivity contribution in [1.29, 1.82) is 0 Å². The van der Waals surface area contributed by atoms with E-state index < -0.39 is 12.1 Å². The van der Waals surface area contributed by atoms with Crippen molar-refractivity contribution in [1.82, 2.24) is 10.2 Å². The first-order valence-electron chi connectivity index (χ1n) is 8.13. The molecular weight excluding hydrogens is 373 g/mol. The summed E-state index contributed by atoms with van der Waals surface area (Å²) in [5, 5.41) is 3.36. The highest BCUT2D eigenvalue weighted by Crippen LogP contribution is 2.26. The molecular formula is C17H20ClF3N2O3. The third kappa shape index (κ3) is 5.27. The van der Waals surface area contributed by atoms with E-state index >= 15 is 0 Å². The summed E-state index contributed by atoms with van der Waals surface area (Å²) in [6, 6.07) is 3.17. The van der Waals surface area contributed by atoms with Gasteiger partial charge in [0.15, 0.2) is 6.61 Å². The van der Waals surface area contributed by atoms with Crippen molar-refractivity contribution in [3.05, 3.63) is 28.3 Å². The Morgan fingerprint density at radius 1 is 1.23 bits per heavy atom. The quantitative estimate of drug-likeness (QED) is 0.857. The van der Waals surface area contributed by atoms with Gasteiger partial charge in [-0.15, -0.1) is 0 Å². The standard InChI is InChI=1S/C17H20ClF3N2O3/c1-10-7-13(8-11(2)15(10)18)26-9-14(24)22-12-3-5-23(6-4-12)16(25)17(19,20)21/h7-8,12H,3-6,9H2,1-2H3,(H,22,24). The van der Waals surface area contributed by atoms with E-state index in [0.717, 1.165) is 16.0 Å². The average molecular weight is 393 g/mol. The molecule has 0 saturated carbocycles. The van der Waals surface area contributed by atoms with Crippen LogP contribution < -0.4 is 10.1 Å². The van der Waals surface area contributed by atoms with Gasteiger partial charge >= 0.3 is 12.1 Å². The fourth-order valence-electron chi connectivity index (χ4n) is 2.81. The Labute approximate surface area is 154 Å². The smallest absolute Gasteiger partial charge is 0.471 e. The number of hydrogen-bond acceptors (Lipinski definition) is 3. The number of carbonyl (C=O) groups excluding carboxylic acids is 2. The lowest BCUT2D eigenvalue weighted by atomic mass is 10.0. The predicted molar refractivity (Wildman–Crippen MR) is 90.2 cm³/mol. The first kappa shape index (κ1) is 20.4. The SMILES string of the molecule is Cc1cc(OCC(=O)NC2CCN(C(=O)C(F)(F)F)CC2)cc(C)c1Cl. The lowest BCUT2D eigenvalue weighted by Gasteiger charge is -2.32. The summed E-state index contributed by atoms with van der Waals surface area (Å²) in [5.41, 5.74) is 1.67. The summed E-state index contributed by atoms with van der Waals surface area (Å²) in [7, 11) is 0. The molecule has 5 nitrogen and oxygen atoms in total. The topological polar surface area (TPSA) is 58.6 Å². The number of hydrogen-bond donors (Lipinski definition) is 1. The van der Waals surface area contributed by atoms with E-state index in [1.54, 1.807) is 12.1 Å². The first-order chi connectivity index (χ1) is 12.1. The van der Waals surface area contributed by atoms with Gasteiger partial charge in [-0.05, 0) is 49.9 Å². The van der Waals surface area contributed by atoms with Crippen molar-refractivity contribution in [3.63, 3.8) is 0 Å². The number of likely N-dealkylation sites (tertiary alicyclic amines) is 1. The van der Waals surface area contributed by atoms with E-state index in [2.05, 4.69) is 5.32 Å². The van der Waals surface area contributed by atoms with Crippen molar-refractivity contribution < 1.29 is 27.5 Å². The van der Waals surface area contributed by atoms with Crippen LogP contribution in [0.25, 0.3) is 0 Å². The summed E-state index contributed by atoms with van der Waals surface area (Å²) in [5.74, 6) is -1.68. The highest BCUT2D eigenvalue weighted by atomic mass is 35.5. The van der Waals surface area contributed by atoms with Crippen molar-refractivity contribution in [2.45, 2.75) is 38.9 Å². The highest BCUT2D eigenvalue weighted by molar-refractivity contribution is 6.32. The molecule has 0 radical (unpaired) electrons. The minimum Gasteiger partial charge on any atom is -0.484 e. The Bertz CT molecular complexity index is 663. The van der Waals surface area contributed by atoms with Crippen LogP contribution in [-0.4, -0.2) is 48.6 Å². The molecule has 1 saturated heterocycles. The van der Waals surface area contributed by atoms with Gasteiger partial charge in [-0.25, -0.2) is 0 Å². The normalized spacial score (nSPS) is 15.7. The third-order valence-corrected chi connectivity index (χ3v) is 4.77. The third-order valence-electron chi connectivity index (χ3n) is 4.17. The monoisotopic (exact) mass is 392 g/mol. The van der Waals surface area contributed by atoms with Gasteiger partial charge in [0.25, 0.3) is 5.91 Å². The number of ether oxygens (including phenoxy) is 1. The number of amides is 2. The molecule has 9 heteroatoms. The van der Waals surface area contributed by atoms with Gasteiger partial charge in [0.2, 0.25) is 0 Å². The Kier molecular flexibility index (Phi) is 6.39. The van der Waals surface area contributed by atoms with Gasteiger partial charge in [-0.1, -0.05) is 11.6 Å². The lowest BCUT2D eigenvalue weighted by molar-refractivity contribution is -0.186. The molecule has 144 valence electrons. The maximum absolute atomic E-state index is 12.4. The maximum atomic E-state index is 12.4. The second-order valence-corrected chi connectivity index (χ2v) is 6.67. The molecule has 1 aromatic carbocycles. The summed E-state index contributed by atoms with van der Waals surface area (Å²) in [6.45, 7) is 3.37. The van der Waals surface area contributed by atoms with Crippen LogP contribution in [0.5, 0.6) is 5.75 Å². The van der Waals surface area contributed by atoms with Crippen LogP contribution in [0.3, 0.4) is 0 Å². The number of nitrogens with zero attached hydrogens (tertiary/aromatic N) is 1. The Balaban J connectivity index is 1.78. The predicted octanol–water partition coefficient (Wildman–Crippen LogP) is 3.01. The van der Waals surface area contributed by atoms with Crippen LogP contribution >= 0.6 is 11.6 Å². The van der Waals surface area contributed by atoms with Crippen molar-refractivity contribution in [3.8, 4) is 5.75 Å². The second-order valence-electron chi connectivity index (χ2n) is 6.29. The lowest BCUT2D eigenvalue weighted by Crippen LogP contribution is -2.50. The van der Waals surface area contributed by atoms with Gasteiger partial charge in [0.05, 0.1) is 0 Å². The summed E-state index contributed by atoms with van der Waals surface area (Å²) in [4.78, 5) is 23.9. The van der Waals surface area contributed by atoms with Crippen molar-refractivity contribution >= 4 is 23.4 Å². The van der Waals surface area contributed by atoms with E-state index in [-0.39, 0.29) is 44.5 Å². The van der Waals surface area contributed by atoms with E-state index in [9.17, 15) is 22.8 Å². The van der Waals surface area contributed by atoms with Crippen LogP contribution in [-0.2, 0) is 9.59 Å². The number of alkyl halides is 3. The Morgan fingerprint density at radius 3 is 2.27 bits per heavy atom. The highest BCUT2D eigenvalue weighted by Gasteiger charge is 2.43. The molecule has 1 aromatic rings. The molecule has 0 atom stereocenters. The Hall–Kier alpha value is -1.96. The van der Waals surface area contributed by atoms with E-state index in [1.165, 1.54) is 0 Å². The zero-order valence-electron chi connectivity index (χ0n) is 14.5. The minimum atomic E-state index is -4.86. The number of nitrogens with one attached hydrogen (secondary N) is 1. The van der Waals surface area contributed by atoms with Crippen LogP contribution in [0.2, 0.25) is 5.02 Å². The molecule has 1 fully saturated rings. The first-order valence-corrected chi connectivity index (χ1v) is 8.50. The molecule has 1 aliphatic heterocycles. The number of benzene rings is 1. The zero-order valence-corrected chi connectivity index (χ0v) is 15.2. The van der Waals surface area contributed by atoms with Gasteiger partial charge in [-0.3, -0.25) is 9.59 Å². The number of carbonyl (C=O) groups is 2. The number of aryl methyl sites for hydroxylation is 2. The molecule has 26 heavy (non-hydrogen) atoms. The minimum absolute atomic E-state index is 0.0419. The molecule has 0 aliphatic carbocycles. The van der Waals surface area contributed by atoms with Crippen LogP contribution in [0.15, 0.2) is 12.1 Å². The molecule has 1 aliphatic rings. The van der Waals surface area contributed by atoms with Gasteiger partial charge in [0, 0.05) is 24.2 Å². The summed E-state index contributed by atoms with van der Waals surface area (Å²) >= 11 is 6.07. The molecule has 1 N–H and O–H groups in total. The largest absolute Gasteiger partial charge is 0.484 e. The van der Waals surface area contributed by atoms with Crippen LogP contribution in [0, 0.1) is 13.8 Å². The molecule has 0 spiro atoms. The molecule has 2 rings (SSSR count). The molecule has 0 unspecified atom stereocenters. The van der Waals surface area contributed by atoms with E-state index in [0.29, 0.717) is 10.8 Å². The second kappa shape index (κ2) is 8.16. The van der Waals surface area contributed by atoms with Crippen molar-refractivity contribution in [2.75, 3.05) is 19.7 Å². The van der Waals surface area contributed by atoms with E-state index in [1.807, 2.05) is 13.8 Å². The van der Waals surface area contributed by atoms with Crippen LogP contribution in [0.4, 0.5) is 13.2 Å². The molecule has 1 heterocycles. The van der Waals surface area contributed by atoms with Gasteiger partial charge < -0.3 is 15.0 Å². The van der Waals surface area contributed by atoms with E-state index in [4.69, 9.17) is 16.3 Å². The number of rotatable bonds is 4. The van der Waals surface area contributed by atoms with Crippen molar-refractivity contribution in [2.24, 2.45) is 0 Å². The summed E-state index contributed by atoms with van der Waals surface area (Å²) < 4.78 is 42.6. The maximum Gasteiger partial charge on any atom is 0.471 e. The number of piperidine rings is 1. The van der Waals surface area contributed by atoms with Gasteiger partial charge in [0.1, 0.15) is 5.75 Å². The van der Waals surface area contributed by atoms with Gasteiger partial charge in [-0.2, -0.15) is 13.2 Å². The van der Waals surface area contributed by atoms with Crippen LogP contribution in [0.1, 0.15) is 24.0 Å². The fourth-order valence-corrected chi connectivity index (χ4v) is 2.92. The number of halogens is 4. The Morgan fingerprint density at radius 2 is 1.77 bits per heavy atom. The zero-order chi connectivity index (χ0) is 19.5. The average Bonchev–Trinajstić information content (AvgIpc) is 2.57.